The van der Waals surface area contributed by atoms with Gasteiger partial charge in [-0.2, -0.15) is 0 Å². The third-order valence-electron chi connectivity index (χ3n) is 3.62. The van der Waals surface area contributed by atoms with Crippen LogP contribution in [0.5, 0.6) is 0 Å². The summed E-state index contributed by atoms with van der Waals surface area (Å²) in [5, 5.41) is 3.44. The number of anilines is 2. The van der Waals surface area contributed by atoms with Crippen molar-refractivity contribution in [3.8, 4) is 0 Å². The second-order valence-corrected chi connectivity index (χ2v) is 6.12. The van der Waals surface area contributed by atoms with Crippen molar-refractivity contribution >= 4 is 17.3 Å². The number of nitrogens with two attached hydrogens (primary N) is 1. The highest BCUT2D eigenvalue weighted by molar-refractivity contribution is 5.97. The lowest BCUT2D eigenvalue weighted by atomic mass is 10.0. The molecule has 0 amide bonds. The number of methoxy groups -OCH3 is 1. The van der Waals surface area contributed by atoms with Gasteiger partial charge in [-0.25, -0.2) is 4.79 Å². The van der Waals surface area contributed by atoms with Crippen LogP contribution in [0, 0.1) is 12.8 Å². The van der Waals surface area contributed by atoms with Gasteiger partial charge in [0, 0.05) is 17.4 Å². The van der Waals surface area contributed by atoms with Crippen LogP contribution in [0.1, 0.15) is 56.0 Å². The average molecular weight is 292 g/mol. The Hall–Kier alpha value is -1.71. The van der Waals surface area contributed by atoms with Crippen LogP contribution in [0.4, 0.5) is 11.4 Å². The first-order chi connectivity index (χ1) is 9.85. The molecule has 1 rings (SSSR count). The van der Waals surface area contributed by atoms with Crippen molar-refractivity contribution in [2.75, 3.05) is 18.2 Å². The highest BCUT2D eigenvalue weighted by Crippen LogP contribution is 2.24. The van der Waals surface area contributed by atoms with Gasteiger partial charge < -0.3 is 15.8 Å². The SMILES string of the molecule is COC(=O)c1cc(NC(C)CCCC(C)C)cc(C)c1N. The Bertz CT molecular complexity index is 484. The molecule has 118 valence electrons. The third kappa shape index (κ3) is 5.29. The average Bonchev–Trinajstić information content (AvgIpc) is 2.41. The van der Waals surface area contributed by atoms with E-state index in [-0.39, 0.29) is 0 Å². The van der Waals surface area contributed by atoms with Gasteiger partial charge in [-0.15, -0.1) is 0 Å². The molecule has 0 radical (unpaired) electrons. The van der Waals surface area contributed by atoms with Gasteiger partial charge in [-0.05, 0) is 43.9 Å². The maximum atomic E-state index is 11.7. The number of esters is 1. The molecule has 0 aliphatic heterocycles. The van der Waals surface area contributed by atoms with Crippen molar-refractivity contribution < 1.29 is 9.53 Å². The summed E-state index contributed by atoms with van der Waals surface area (Å²) < 4.78 is 4.78. The first-order valence-corrected chi connectivity index (χ1v) is 7.60. The zero-order valence-corrected chi connectivity index (χ0v) is 13.8. The van der Waals surface area contributed by atoms with Crippen molar-refractivity contribution in [2.24, 2.45) is 5.92 Å². The molecule has 0 aliphatic carbocycles. The minimum atomic E-state index is -0.397. The molecule has 0 saturated heterocycles. The summed E-state index contributed by atoms with van der Waals surface area (Å²) in [5.74, 6) is 0.341. The number of ether oxygens (including phenoxy) is 1. The number of nitrogens with one attached hydrogen (secondary N) is 1. The standard InChI is InChI=1S/C17H28N2O2/c1-11(2)7-6-8-13(4)19-14-9-12(3)16(18)15(10-14)17(20)21-5/h9-11,13,19H,6-8,18H2,1-5H3. The van der Waals surface area contributed by atoms with Crippen LogP contribution in [0.3, 0.4) is 0 Å². The van der Waals surface area contributed by atoms with Gasteiger partial charge in [0.05, 0.1) is 12.7 Å². The van der Waals surface area contributed by atoms with E-state index < -0.39 is 5.97 Å². The van der Waals surface area contributed by atoms with E-state index in [9.17, 15) is 4.79 Å². The van der Waals surface area contributed by atoms with E-state index in [1.165, 1.54) is 20.0 Å². The predicted molar refractivity (Wildman–Crippen MR) is 88.7 cm³/mol. The number of aryl methyl sites for hydroxylation is 1. The van der Waals surface area contributed by atoms with Crippen LogP contribution in [-0.4, -0.2) is 19.1 Å². The number of benzene rings is 1. The second-order valence-electron chi connectivity index (χ2n) is 6.12. The van der Waals surface area contributed by atoms with Gasteiger partial charge in [-0.3, -0.25) is 0 Å². The van der Waals surface area contributed by atoms with Crippen LogP contribution in [0.25, 0.3) is 0 Å². The normalized spacial score (nSPS) is 12.3. The third-order valence-corrected chi connectivity index (χ3v) is 3.62. The lowest BCUT2D eigenvalue weighted by Gasteiger charge is -2.18. The molecule has 0 aromatic heterocycles. The molecule has 1 unspecified atom stereocenters. The number of carbonyl (C=O) groups excluding carboxylic acids is 1. The van der Waals surface area contributed by atoms with E-state index in [1.54, 1.807) is 6.07 Å². The van der Waals surface area contributed by atoms with E-state index in [2.05, 4.69) is 26.1 Å². The summed E-state index contributed by atoms with van der Waals surface area (Å²) in [6, 6.07) is 4.10. The largest absolute Gasteiger partial charge is 0.465 e. The van der Waals surface area contributed by atoms with Crippen molar-refractivity contribution in [1.29, 1.82) is 0 Å². The molecule has 0 saturated carbocycles. The Morgan fingerprint density at radius 3 is 2.52 bits per heavy atom. The zero-order valence-electron chi connectivity index (χ0n) is 13.8. The van der Waals surface area contributed by atoms with Crippen LogP contribution < -0.4 is 11.1 Å². The molecule has 1 aromatic carbocycles. The van der Waals surface area contributed by atoms with Crippen molar-refractivity contribution in [1.82, 2.24) is 0 Å². The first kappa shape index (κ1) is 17.3. The molecule has 4 heteroatoms. The van der Waals surface area contributed by atoms with Gasteiger partial charge in [0.15, 0.2) is 0 Å². The number of rotatable bonds is 7. The van der Waals surface area contributed by atoms with Gasteiger partial charge in [0.1, 0.15) is 0 Å². The van der Waals surface area contributed by atoms with E-state index in [0.717, 1.165) is 23.6 Å². The van der Waals surface area contributed by atoms with E-state index in [4.69, 9.17) is 10.5 Å². The van der Waals surface area contributed by atoms with Crippen LogP contribution in [0.2, 0.25) is 0 Å². The monoisotopic (exact) mass is 292 g/mol. The van der Waals surface area contributed by atoms with Gasteiger partial charge >= 0.3 is 5.97 Å². The molecule has 0 bridgehead atoms. The lowest BCUT2D eigenvalue weighted by molar-refractivity contribution is 0.0602. The number of nitrogen functional groups attached to an aromatic ring is 1. The van der Waals surface area contributed by atoms with Crippen LogP contribution in [-0.2, 0) is 4.74 Å². The fourth-order valence-corrected chi connectivity index (χ4v) is 2.35. The summed E-state index contributed by atoms with van der Waals surface area (Å²) in [6.07, 6.45) is 3.54. The van der Waals surface area contributed by atoms with E-state index in [1.807, 2.05) is 13.0 Å². The summed E-state index contributed by atoms with van der Waals surface area (Å²) in [6.45, 7) is 8.54. The quantitative estimate of drug-likeness (QED) is 0.589. The number of hydrogen-bond donors (Lipinski definition) is 2. The Morgan fingerprint density at radius 2 is 1.95 bits per heavy atom. The maximum Gasteiger partial charge on any atom is 0.340 e. The lowest BCUT2D eigenvalue weighted by Crippen LogP contribution is -2.16. The minimum Gasteiger partial charge on any atom is -0.465 e. The number of hydrogen-bond acceptors (Lipinski definition) is 4. The Kier molecular flexibility index (Phi) is 6.53. The van der Waals surface area contributed by atoms with Gasteiger partial charge in [-0.1, -0.05) is 26.7 Å². The van der Waals surface area contributed by atoms with Crippen molar-refractivity contribution in [3.63, 3.8) is 0 Å². The number of carbonyl (C=O) groups is 1. The van der Waals surface area contributed by atoms with Crippen molar-refractivity contribution in [3.05, 3.63) is 23.3 Å². The van der Waals surface area contributed by atoms with Crippen molar-refractivity contribution in [2.45, 2.75) is 53.0 Å². The summed E-state index contributed by atoms with van der Waals surface area (Å²) >= 11 is 0. The fourth-order valence-electron chi connectivity index (χ4n) is 2.35. The predicted octanol–water partition coefficient (Wildman–Crippen LogP) is 3.99. The summed E-state index contributed by atoms with van der Waals surface area (Å²) in [7, 11) is 1.37. The van der Waals surface area contributed by atoms with Gasteiger partial charge in [0.2, 0.25) is 0 Å². The molecule has 0 heterocycles. The smallest absolute Gasteiger partial charge is 0.340 e. The highest BCUT2D eigenvalue weighted by Gasteiger charge is 2.14. The van der Waals surface area contributed by atoms with Gasteiger partial charge in [0.25, 0.3) is 0 Å². The fraction of sp³-hybridized carbons (Fsp3) is 0.588. The molecule has 1 atom stereocenters. The molecule has 4 nitrogen and oxygen atoms in total. The molecule has 1 aromatic rings. The maximum absolute atomic E-state index is 11.7. The van der Waals surface area contributed by atoms with E-state index in [0.29, 0.717) is 17.3 Å². The summed E-state index contributed by atoms with van der Waals surface area (Å²) in [5.41, 5.74) is 8.65. The topological polar surface area (TPSA) is 64.3 Å². The molecule has 3 N–H and O–H groups in total. The Labute approximate surface area is 128 Å². The van der Waals surface area contributed by atoms with Crippen LogP contribution in [0.15, 0.2) is 12.1 Å². The Morgan fingerprint density at radius 1 is 1.29 bits per heavy atom. The first-order valence-electron chi connectivity index (χ1n) is 7.60. The summed E-state index contributed by atoms with van der Waals surface area (Å²) in [4.78, 5) is 11.7. The zero-order chi connectivity index (χ0) is 16.0. The molecular weight excluding hydrogens is 264 g/mol. The van der Waals surface area contributed by atoms with Crippen LogP contribution >= 0.6 is 0 Å². The molecule has 0 spiro atoms. The molecule has 21 heavy (non-hydrogen) atoms. The highest BCUT2D eigenvalue weighted by atomic mass is 16.5. The second kappa shape index (κ2) is 7.91. The minimum absolute atomic E-state index is 0.359. The van der Waals surface area contributed by atoms with E-state index >= 15 is 0 Å². The molecular formula is C17H28N2O2. The Balaban J connectivity index is 2.75. The molecule has 0 fully saturated rings. The molecule has 0 aliphatic rings.